The summed E-state index contributed by atoms with van der Waals surface area (Å²) in [5, 5.41) is 3.95. The molecule has 0 unspecified atom stereocenters. The van der Waals surface area contributed by atoms with Crippen molar-refractivity contribution >= 4 is 27.7 Å². The number of anilines is 1. The molecule has 0 spiro atoms. The summed E-state index contributed by atoms with van der Waals surface area (Å²) in [6.07, 6.45) is 4.91. The van der Waals surface area contributed by atoms with E-state index in [-0.39, 0.29) is 35.0 Å². The first kappa shape index (κ1) is 21.8. The number of rotatable bonds is 7. The molecule has 0 bridgehead atoms. The number of ether oxygens (including phenoxy) is 1. The number of likely N-dealkylation sites (tertiary alicyclic amines) is 1. The van der Waals surface area contributed by atoms with Gasteiger partial charge in [-0.1, -0.05) is 12.1 Å². The van der Waals surface area contributed by atoms with Crippen LogP contribution in [0.15, 0.2) is 41.3 Å². The average molecular weight is 474 g/mol. The van der Waals surface area contributed by atoms with Crippen molar-refractivity contribution in [1.82, 2.24) is 19.4 Å². The highest BCUT2D eigenvalue weighted by Crippen LogP contribution is 2.37. The Morgan fingerprint density at radius 1 is 1.12 bits per heavy atom. The molecule has 2 fully saturated rings. The quantitative estimate of drug-likeness (QED) is 0.504. The van der Waals surface area contributed by atoms with E-state index in [1.165, 1.54) is 12.1 Å². The predicted octanol–water partition coefficient (Wildman–Crippen LogP) is 2.50. The Morgan fingerprint density at radius 2 is 1.88 bits per heavy atom. The van der Waals surface area contributed by atoms with Gasteiger partial charge >= 0.3 is 0 Å². The molecule has 2 aromatic heterocycles. The number of fused-ring (bicyclic) bond motifs is 1. The third-order valence-corrected chi connectivity index (χ3v) is 6.58. The van der Waals surface area contributed by atoms with Gasteiger partial charge in [-0.25, -0.2) is 17.8 Å². The number of halogens is 1. The number of benzene rings is 1. The van der Waals surface area contributed by atoms with Crippen molar-refractivity contribution in [3.05, 3.63) is 52.7 Å². The largest absolute Gasteiger partial charge is 0.448 e. The van der Waals surface area contributed by atoms with Crippen LogP contribution >= 0.6 is 0 Å². The highest BCUT2D eigenvalue weighted by molar-refractivity contribution is 7.72. The highest BCUT2D eigenvalue weighted by Gasteiger charge is 2.29. The van der Waals surface area contributed by atoms with Crippen molar-refractivity contribution in [2.75, 3.05) is 24.3 Å². The Morgan fingerprint density at radius 3 is 2.58 bits per heavy atom. The van der Waals surface area contributed by atoms with Gasteiger partial charge in [-0.2, -0.15) is 4.98 Å². The normalized spacial score (nSPS) is 17.5. The fourth-order valence-electron chi connectivity index (χ4n) is 4.12. The first-order valence-electron chi connectivity index (χ1n) is 10.9. The minimum absolute atomic E-state index is 0.0108. The Balaban J connectivity index is 1.41. The van der Waals surface area contributed by atoms with Gasteiger partial charge in [0.15, 0.2) is 28.0 Å². The number of nitrogens with zero attached hydrogens (tertiary/aromatic N) is 4. The van der Waals surface area contributed by atoms with E-state index in [0.717, 1.165) is 25.7 Å². The van der Waals surface area contributed by atoms with Gasteiger partial charge in [0.1, 0.15) is 5.65 Å². The van der Waals surface area contributed by atoms with Crippen LogP contribution in [0.2, 0.25) is 0 Å². The van der Waals surface area contributed by atoms with E-state index in [9.17, 15) is 17.6 Å². The number of piperidine rings is 1. The number of nitrogens with one attached hydrogen (secondary N) is 1. The monoisotopic (exact) mass is 473 g/mol. The van der Waals surface area contributed by atoms with Crippen molar-refractivity contribution < 1.29 is 17.5 Å². The van der Waals surface area contributed by atoms with E-state index < -0.39 is 16.5 Å². The molecule has 5 rings (SSSR count). The number of pyridine rings is 1. The van der Waals surface area contributed by atoms with Gasteiger partial charge in [0.25, 0.3) is 5.56 Å². The molecule has 1 aliphatic heterocycles. The third-order valence-electron chi connectivity index (χ3n) is 5.95. The van der Waals surface area contributed by atoms with Gasteiger partial charge in [-0.3, -0.25) is 14.3 Å². The molecule has 11 heteroatoms. The molecule has 3 heterocycles. The van der Waals surface area contributed by atoms with Crippen LogP contribution in [-0.4, -0.2) is 52.9 Å². The summed E-state index contributed by atoms with van der Waals surface area (Å²) in [7, 11) is -2.42. The Labute approximate surface area is 191 Å². The standard InChI is InChI=1S/C22H24FN5O4S/c23-17-3-1-2-4-18(17)32-19-11-14-12-24-22(26-20(14)28(21(19)29)16-5-6-16)25-15-7-9-27(10-8-15)13-33(30)31/h1-4,11-12,15-16,33H,5-10,13H2,(H,24,25,26). The Hall–Kier alpha value is -3.05. The molecule has 0 radical (unpaired) electrons. The summed E-state index contributed by atoms with van der Waals surface area (Å²) in [6, 6.07) is 7.66. The van der Waals surface area contributed by atoms with Gasteiger partial charge < -0.3 is 10.1 Å². The maximum atomic E-state index is 14.1. The SMILES string of the molecule is O=c1c(Oc2ccccc2F)cc2cnc(NC3CCN(C[SH](=O)=O)CC3)nc2n1C1CC1. The van der Waals surface area contributed by atoms with Crippen molar-refractivity contribution in [2.45, 2.75) is 37.8 Å². The number of aromatic nitrogens is 3. The van der Waals surface area contributed by atoms with E-state index in [4.69, 9.17) is 4.74 Å². The summed E-state index contributed by atoms with van der Waals surface area (Å²) < 4.78 is 43.2. The third kappa shape index (κ3) is 4.83. The molecule has 0 amide bonds. The molecule has 33 heavy (non-hydrogen) atoms. The molecule has 3 aromatic rings. The number of hydrogen-bond donors (Lipinski definition) is 2. The first-order chi connectivity index (χ1) is 16.0. The van der Waals surface area contributed by atoms with Crippen LogP contribution in [0.25, 0.3) is 11.0 Å². The lowest BCUT2D eigenvalue weighted by atomic mass is 10.1. The van der Waals surface area contributed by atoms with Crippen molar-refractivity contribution in [1.29, 1.82) is 0 Å². The van der Waals surface area contributed by atoms with E-state index in [0.29, 0.717) is 30.1 Å². The smallest absolute Gasteiger partial charge is 0.295 e. The number of hydrogen-bond acceptors (Lipinski definition) is 8. The number of thiol groups is 1. The second-order valence-electron chi connectivity index (χ2n) is 8.43. The van der Waals surface area contributed by atoms with Crippen LogP contribution in [0.5, 0.6) is 11.5 Å². The molecule has 2 aliphatic rings. The van der Waals surface area contributed by atoms with Crippen molar-refractivity contribution in [2.24, 2.45) is 0 Å². The molecule has 9 nitrogen and oxygen atoms in total. The second-order valence-corrected chi connectivity index (χ2v) is 9.38. The predicted molar refractivity (Wildman–Crippen MR) is 122 cm³/mol. The van der Waals surface area contributed by atoms with Crippen LogP contribution in [0.3, 0.4) is 0 Å². The number of para-hydroxylation sites is 1. The molecular formula is C22H24FN5O4S. The van der Waals surface area contributed by atoms with Crippen LogP contribution in [0.1, 0.15) is 31.7 Å². The van der Waals surface area contributed by atoms with E-state index in [1.807, 2.05) is 4.90 Å². The van der Waals surface area contributed by atoms with Gasteiger partial charge in [-0.15, -0.1) is 0 Å². The van der Waals surface area contributed by atoms with Crippen LogP contribution in [0, 0.1) is 5.82 Å². The van der Waals surface area contributed by atoms with Crippen LogP contribution < -0.4 is 15.6 Å². The van der Waals surface area contributed by atoms with E-state index >= 15 is 0 Å². The molecule has 1 N–H and O–H groups in total. The van der Waals surface area contributed by atoms with Gasteiger partial charge in [0.05, 0.1) is 5.88 Å². The van der Waals surface area contributed by atoms with Crippen molar-refractivity contribution in [3.8, 4) is 11.5 Å². The van der Waals surface area contributed by atoms with Crippen LogP contribution in [-0.2, 0) is 10.7 Å². The minimum Gasteiger partial charge on any atom is -0.448 e. The zero-order valence-corrected chi connectivity index (χ0v) is 18.7. The lowest BCUT2D eigenvalue weighted by Crippen LogP contribution is -2.40. The second kappa shape index (κ2) is 9.06. The molecule has 1 aliphatic carbocycles. The first-order valence-corrected chi connectivity index (χ1v) is 12.3. The lowest BCUT2D eigenvalue weighted by molar-refractivity contribution is 0.250. The van der Waals surface area contributed by atoms with Crippen LogP contribution in [0.4, 0.5) is 10.3 Å². The molecule has 1 aromatic carbocycles. The molecule has 1 saturated heterocycles. The summed E-state index contributed by atoms with van der Waals surface area (Å²) >= 11 is 0. The summed E-state index contributed by atoms with van der Waals surface area (Å²) in [6.45, 7) is 1.36. The van der Waals surface area contributed by atoms with E-state index in [1.54, 1.807) is 29.0 Å². The molecule has 0 atom stereocenters. The zero-order valence-electron chi connectivity index (χ0n) is 17.8. The van der Waals surface area contributed by atoms with E-state index in [2.05, 4.69) is 15.3 Å². The summed E-state index contributed by atoms with van der Waals surface area (Å²) in [5.74, 6) is -0.0120. The minimum atomic E-state index is -2.42. The lowest BCUT2D eigenvalue weighted by Gasteiger charge is -2.30. The fourth-order valence-corrected chi connectivity index (χ4v) is 4.73. The van der Waals surface area contributed by atoms with Gasteiger partial charge in [0.2, 0.25) is 5.95 Å². The molecular weight excluding hydrogens is 449 g/mol. The summed E-state index contributed by atoms with van der Waals surface area (Å²) in [5.41, 5.74) is 0.166. The van der Waals surface area contributed by atoms with Gasteiger partial charge in [0, 0.05) is 36.8 Å². The Bertz CT molecular complexity index is 1310. The molecule has 1 saturated carbocycles. The Kier molecular flexibility index (Phi) is 5.98. The topological polar surface area (TPSA) is 106 Å². The van der Waals surface area contributed by atoms with Crippen molar-refractivity contribution in [3.63, 3.8) is 0 Å². The summed E-state index contributed by atoms with van der Waals surface area (Å²) in [4.78, 5) is 24.1. The highest BCUT2D eigenvalue weighted by atomic mass is 32.2. The average Bonchev–Trinajstić information content (AvgIpc) is 3.62. The maximum absolute atomic E-state index is 14.1. The van der Waals surface area contributed by atoms with Gasteiger partial charge in [-0.05, 0) is 43.9 Å². The molecule has 174 valence electrons. The maximum Gasteiger partial charge on any atom is 0.295 e. The fraction of sp³-hybridized carbons (Fsp3) is 0.409. The zero-order chi connectivity index (χ0) is 22.9.